The average molecular weight is 224 g/mol. The normalized spacial score (nSPS) is 9.41. The number of anilines is 2. The number of benzene rings is 2. The van der Waals surface area contributed by atoms with E-state index in [9.17, 15) is 0 Å². The molecule has 0 aliphatic rings. The topological polar surface area (TPSA) is 45.0 Å². The van der Waals surface area contributed by atoms with Gasteiger partial charge in [0.05, 0.1) is 24.4 Å². The number of hydrogen-bond acceptors (Lipinski definition) is 3. The van der Waals surface area contributed by atoms with Crippen molar-refractivity contribution in [2.24, 2.45) is 0 Å². The molecule has 0 fully saturated rings. The Bertz CT molecular complexity index is 544. The van der Waals surface area contributed by atoms with Crippen LogP contribution in [0.2, 0.25) is 0 Å². The zero-order valence-corrected chi connectivity index (χ0v) is 9.47. The highest BCUT2D eigenvalue weighted by molar-refractivity contribution is 5.67. The molecule has 2 aromatic rings. The molecule has 0 aliphatic carbocycles. The minimum atomic E-state index is 0.584. The maximum absolute atomic E-state index is 8.81. The van der Waals surface area contributed by atoms with E-state index in [4.69, 9.17) is 10.00 Å². The van der Waals surface area contributed by atoms with Crippen molar-refractivity contribution < 1.29 is 4.74 Å². The summed E-state index contributed by atoms with van der Waals surface area (Å²) in [6.07, 6.45) is 0. The minimum Gasteiger partial charge on any atom is -0.495 e. The number of ether oxygens (including phenoxy) is 1. The summed E-state index contributed by atoms with van der Waals surface area (Å²) < 4.78 is 5.25. The first-order chi connectivity index (χ1) is 8.33. The molecule has 0 aromatic heterocycles. The van der Waals surface area contributed by atoms with Crippen LogP contribution in [0.5, 0.6) is 5.75 Å². The van der Waals surface area contributed by atoms with E-state index in [0.717, 1.165) is 11.4 Å². The van der Waals surface area contributed by atoms with Crippen LogP contribution in [0.4, 0.5) is 11.4 Å². The molecule has 0 saturated heterocycles. The van der Waals surface area contributed by atoms with Gasteiger partial charge in [-0.15, -0.1) is 0 Å². The Morgan fingerprint density at radius 2 is 1.88 bits per heavy atom. The molecule has 0 spiro atoms. The molecule has 0 bridgehead atoms. The molecule has 0 unspecified atom stereocenters. The SMILES string of the molecule is COc1cc(C#N)ccc1Nc1ccccc1. The lowest BCUT2D eigenvalue weighted by atomic mass is 10.2. The van der Waals surface area contributed by atoms with Gasteiger partial charge in [-0.2, -0.15) is 5.26 Å². The Hall–Kier alpha value is -2.47. The number of methoxy groups -OCH3 is 1. The first-order valence-corrected chi connectivity index (χ1v) is 5.23. The predicted octanol–water partition coefficient (Wildman–Crippen LogP) is 3.31. The van der Waals surface area contributed by atoms with Crippen LogP contribution in [-0.2, 0) is 0 Å². The van der Waals surface area contributed by atoms with Crippen molar-refractivity contribution in [2.75, 3.05) is 12.4 Å². The van der Waals surface area contributed by atoms with Crippen LogP contribution < -0.4 is 10.1 Å². The molecular weight excluding hydrogens is 212 g/mol. The number of nitrogens with one attached hydrogen (secondary N) is 1. The minimum absolute atomic E-state index is 0.584. The molecule has 3 nitrogen and oxygen atoms in total. The summed E-state index contributed by atoms with van der Waals surface area (Å²) in [5, 5.41) is 12.1. The predicted molar refractivity (Wildman–Crippen MR) is 67.4 cm³/mol. The zero-order chi connectivity index (χ0) is 12.1. The summed E-state index contributed by atoms with van der Waals surface area (Å²) in [4.78, 5) is 0. The number of para-hydroxylation sites is 1. The van der Waals surface area contributed by atoms with Gasteiger partial charge in [0.1, 0.15) is 5.75 Å². The first-order valence-electron chi connectivity index (χ1n) is 5.23. The molecule has 0 atom stereocenters. The largest absolute Gasteiger partial charge is 0.495 e. The van der Waals surface area contributed by atoms with Crippen molar-refractivity contribution in [1.29, 1.82) is 5.26 Å². The molecule has 2 rings (SSSR count). The van der Waals surface area contributed by atoms with E-state index in [0.29, 0.717) is 11.3 Å². The summed E-state index contributed by atoms with van der Waals surface area (Å²) in [6, 6.07) is 17.2. The molecule has 0 heterocycles. The van der Waals surface area contributed by atoms with Gasteiger partial charge >= 0.3 is 0 Å². The van der Waals surface area contributed by atoms with Crippen molar-refractivity contribution in [3.8, 4) is 11.8 Å². The highest BCUT2D eigenvalue weighted by Crippen LogP contribution is 2.28. The monoisotopic (exact) mass is 224 g/mol. The van der Waals surface area contributed by atoms with E-state index in [1.165, 1.54) is 0 Å². The second kappa shape index (κ2) is 5.04. The third-order valence-electron chi connectivity index (χ3n) is 2.38. The fourth-order valence-electron chi connectivity index (χ4n) is 1.54. The number of rotatable bonds is 3. The lowest BCUT2D eigenvalue weighted by molar-refractivity contribution is 0.416. The Labute approximate surface area is 100 Å². The van der Waals surface area contributed by atoms with E-state index in [2.05, 4.69) is 11.4 Å². The van der Waals surface area contributed by atoms with Crippen molar-refractivity contribution >= 4 is 11.4 Å². The Balaban J connectivity index is 2.30. The summed E-state index contributed by atoms with van der Waals surface area (Å²) in [6.45, 7) is 0. The number of hydrogen-bond donors (Lipinski definition) is 1. The fraction of sp³-hybridized carbons (Fsp3) is 0.0714. The smallest absolute Gasteiger partial charge is 0.143 e. The molecule has 0 saturated carbocycles. The number of nitriles is 1. The van der Waals surface area contributed by atoms with Gasteiger partial charge < -0.3 is 10.1 Å². The molecule has 84 valence electrons. The molecule has 3 heteroatoms. The van der Waals surface area contributed by atoms with Gasteiger partial charge in [-0.1, -0.05) is 18.2 Å². The third-order valence-corrected chi connectivity index (χ3v) is 2.38. The van der Waals surface area contributed by atoms with E-state index >= 15 is 0 Å². The standard InChI is InChI=1S/C14H12N2O/c1-17-14-9-11(10-15)7-8-13(14)16-12-5-3-2-4-6-12/h2-9,16H,1H3. The van der Waals surface area contributed by atoms with Crippen molar-refractivity contribution in [1.82, 2.24) is 0 Å². The van der Waals surface area contributed by atoms with Gasteiger partial charge in [-0.3, -0.25) is 0 Å². The Morgan fingerprint density at radius 3 is 2.53 bits per heavy atom. The van der Waals surface area contributed by atoms with Crippen molar-refractivity contribution in [2.45, 2.75) is 0 Å². The average Bonchev–Trinajstić information content (AvgIpc) is 2.40. The lowest BCUT2D eigenvalue weighted by Gasteiger charge is -2.11. The molecule has 0 aliphatic heterocycles. The van der Waals surface area contributed by atoms with Crippen LogP contribution in [0.3, 0.4) is 0 Å². The van der Waals surface area contributed by atoms with Crippen molar-refractivity contribution in [3.63, 3.8) is 0 Å². The van der Waals surface area contributed by atoms with E-state index in [1.807, 2.05) is 36.4 Å². The third kappa shape index (κ3) is 2.56. The van der Waals surface area contributed by atoms with Gasteiger partial charge in [0, 0.05) is 11.8 Å². The van der Waals surface area contributed by atoms with Gasteiger partial charge in [0.15, 0.2) is 0 Å². The molecular formula is C14H12N2O. The second-order valence-corrected chi connectivity index (χ2v) is 3.52. The maximum atomic E-state index is 8.81. The van der Waals surface area contributed by atoms with Crippen LogP contribution in [0.1, 0.15) is 5.56 Å². The van der Waals surface area contributed by atoms with E-state index in [-0.39, 0.29) is 0 Å². The Morgan fingerprint density at radius 1 is 1.12 bits per heavy atom. The first kappa shape index (κ1) is 11.0. The summed E-state index contributed by atoms with van der Waals surface area (Å²) >= 11 is 0. The van der Waals surface area contributed by atoms with Gasteiger partial charge in [-0.05, 0) is 24.3 Å². The maximum Gasteiger partial charge on any atom is 0.143 e. The van der Waals surface area contributed by atoms with Gasteiger partial charge in [0.2, 0.25) is 0 Å². The zero-order valence-electron chi connectivity index (χ0n) is 9.47. The molecule has 0 amide bonds. The quantitative estimate of drug-likeness (QED) is 0.869. The van der Waals surface area contributed by atoms with Gasteiger partial charge in [-0.25, -0.2) is 0 Å². The molecule has 2 aromatic carbocycles. The van der Waals surface area contributed by atoms with Crippen LogP contribution in [0, 0.1) is 11.3 Å². The Kier molecular flexibility index (Phi) is 3.27. The molecule has 1 N–H and O–H groups in total. The van der Waals surface area contributed by atoms with Crippen molar-refractivity contribution in [3.05, 3.63) is 54.1 Å². The summed E-state index contributed by atoms with van der Waals surface area (Å²) in [5.74, 6) is 0.660. The second-order valence-electron chi connectivity index (χ2n) is 3.52. The van der Waals surface area contributed by atoms with Gasteiger partial charge in [0.25, 0.3) is 0 Å². The van der Waals surface area contributed by atoms with Crippen LogP contribution in [0.15, 0.2) is 48.5 Å². The van der Waals surface area contributed by atoms with E-state index in [1.54, 1.807) is 19.2 Å². The highest BCUT2D eigenvalue weighted by Gasteiger charge is 2.04. The lowest BCUT2D eigenvalue weighted by Crippen LogP contribution is -1.94. The van der Waals surface area contributed by atoms with Crippen LogP contribution in [0.25, 0.3) is 0 Å². The highest BCUT2D eigenvalue weighted by atomic mass is 16.5. The van der Waals surface area contributed by atoms with Crippen LogP contribution >= 0.6 is 0 Å². The fourth-order valence-corrected chi connectivity index (χ4v) is 1.54. The van der Waals surface area contributed by atoms with Crippen LogP contribution in [-0.4, -0.2) is 7.11 Å². The molecule has 17 heavy (non-hydrogen) atoms. The molecule has 0 radical (unpaired) electrons. The van der Waals surface area contributed by atoms with E-state index < -0.39 is 0 Å². The summed E-state index contributed by atoms with van der Waals surface area (Å²) in [5.41, 5.74) is 2.41. The summed E-state index contributed by atoms with van der Waals surface area (Å²) in [7, 11) is 1.59. The number of nitrogens with zero attached hydrogens (tertiary/aromatic N) is 1.